The molecule has 0 saturated heterocycles. The minimum absolute atomic E-state index is 0.725. The fourth-order valence-corrected chi connectivity index (χ4v) is 2.40. The molecule has 2 aromatic heterocycles. The van der Waals surface area contributed by atoms with Gasteiger partial charge in [0, 0.05) is 22.9 Å². The Kier molecular flexibility index (Phi) is 3.65. The van der Waals surface area contributed by atoms with Crippen molar-refractivity contribution in [3.05, 3.63) is 58.8 Å². The van der Waals surface area contributed by atoms with E-state index in [-0.39, 0.29) is 0 Å². The number of benzene rings is 1. The number of ether oxygens (including phenoxy) is 1. The van der Waals surface area contributed by atoms with Crippen molar-refractivity contribution in [2.24, 2.45) is 0 Å². The van der Waals surface area contributed by atoms with Gasteiger partial charge < -0.3 is 4.74 Å². The van der Waals surface area contributed by atoms with Crippen molar-refractivity contribution in [3.63, 3.8) is 0 Å². The minimum atomic E-state index is 0.725. The highest BCUT2D eigenvalue weighted by atomic mass is 79.9. The maximum Gasteiger partial charge on any atom is 0.156 e. The summed E-state index contributed by atoms with van der Waals surface area (Å²) < 4.78 is 6.94. The molecular weight excluding hydrogens is 316 g/mol. The Balaban J connectivity index is 2.07. The van der Waals surface area contributed by atoms with E-state index in [9.17, 15) is 0 Å². The van der Waals surface area contributed by atoms with E-state index in [0.29, 0.717) is 0 Å². The van der Waals surface area contributed by atoms with Crippen LogP contribution in [0.4, 0.5) is 0 Å². The second-order valence-corrected chi connectivity index (χ2v) is 5.31. The van der Waals surface area contributed by atoms with Gasteiger partial charge in [-0.3, -0.25) is 4.98 Å². The van der Waals surface area contributed by atoms with Crippen LogP contribution in [0.3, 0.4) is 0 Å². The summed E-state index contributed by atoms with van der Waals surface area (Å²) in [6, 6.07) is 11.8. The summed E-state index contributed by atoms with van der Waals surface area (Å²) in [5.74, 6) is 1.59. The molecule has 0 aliphatic carbocycles. The third-order valence-corrected chi connectivity index (χ3v) is 3.51. The maximum atomic E-state index is 6.04. The van der Waals surface area contributed by atoms with Crippen LogP contribution in [0.5, 0.6) is 11.5 Å². The quantitative estimate of drug-likeness (QED) is 0.696. The first-order valence-corrected chi connectivity index (χ1v) is 7.23. The molecule has 0 unspecified atom stereocenters. The Morgan fingerprint density at radius 3 is 2.80 bits per heavy atom. The van der Waals surface area contributed by atoms with Crippen LogP contribution in [0.15, 0.2) is 53.3 Å². The summed E-state index contributed by atoms with van der Waals surface area (Å²) in [7, 11) is 0. The minimum Gasteiger partial charge on any atom is -0.455 e. The van der Waals surface area contributed by atoms with Crippen molar-refractivity contribution in [3.8, 4) is 11.5 Å². The summed E-state index contributed by atoms with van der Waals surface area (Å²) in [6.45, 7) is 2.11. The predicted octanol–water partition coefficient (Wildman–Crippen LogP) is 4.75. The molecule has 3 aromatic rings. The Morgan fingerprint density at radius 1 is 1.10 bits per heavy atom. The van der Waals surface area contributed by atoms with Crippen molar-refractivity contribution in [2.45, 2.75) is 13.3 Å². The largest absolute Gasteiger partial charge is 0.455 e. The van der Waals surface area contributed by atoms with E-state index in [1.54, 1.807) is 12.4 Å². The van der Waals surface area contributed by atoms with Crippen LogP contribution in [0.25, 0.3) is 11.0 Å². The molecule has 2 heterocycles. The highest BCUT2D eigenvalue weighted by molar-refractivity contribution is 9.10. The number of nitrogens with zero attached hydrogens (tertiary/aromatic N) is 2. The molecule has 0 spiro atoms. The van der Waals surface area contributed by atoms with Crippen LogP contribution in [-0.4, -0.2) is 9.97 Å². The third kappa shape index (κ3) is 2.51. The topological polar surface area (TPSA) is 35.0 Å². The first-order chi connectivity index (χ1) is 9.78. The molecule has 3 rings (SSSR count). The lowest BCUT2D eigenvalue weighted by Gasteiger charge is -2.11. The van der Waals surface area contributed by atoms with E-state index in [4.69, 9.17) is 4.74 Å². The SMILES string of the molecule is CCc1ccccc1Oc1ccnc2cc(Br)cnc12. The second-order valence-electron chi connectivity index (χ2n) is 4.39. The average Bonchev–Trinajstić information content (AvgIpc) is 2.47. The zero-order valence-corrected chi connectivity index (χ0v) is 12.6. The van der Waals surface area contributed by atoms with Crippen molar-refractivity contribution in [2.75, 3.05) is 0 Å². The fraction of sp³-hybridized carbons (Fsp3) is 0.125. The lowest BCUT2D eigenvalue weighted by Crippen LogP contribution is -1.93. The first-order valence-electron chi connectivity index (χ1n) is 6.44. The Labute approximate surface area is 125 Å². The molecule has 0 amide bonds. The molecule has 0 saturated carbocycles. The van der Waals surface area contributed by atoms with Gasteiger partial charge in [-0.25, -0.2) is 4.98 Å². The van der Waals surface area contributed by atoms with E-state index < -0.39 is 0 Å². The third-order valence-electron chi connectivity index (χ3n) is 3.08. The van der Waals surface area contributed by atoms with Crippen LogP contribution >= 0.6 is 15.9 Å². The Bertz CT molecular complexity index is 758. The van der Waals surface area contributed by atoms with E-state index in [0.717, 1.165) is 33.4 Å². The Morgan fingerprint density at radius 2 is 1.95 bits per heavy atom. The number of hydrogen-bond acceptors (Lipinski definition) is 3. The van der Waals surface area contributed by atoms with Crippen LogP contribution in [-0.2, 0) is 6.42 Å². The molecular formula is C16H13BrN2O. The van der Waals surface area contributed by atoms with Crippen LogP contribution < -0.4 is 4.74 Å². The van der Waals surface area contributed by atoms with Gasteiger partial charge in [0.15, 0.2) is 5.75 Å². The first kappa shape index (κ1) is 13.1. The molecule has 3 nitrogen and oxygen atoms in total. The molecule has 20 heavy (non-hydrogen) atoms. The van der Waals surface area contributed by atoms with Crippen molar-refractivity contribution in [1.29, 1.82) is 0 Å². The predicted molar refractivity (Wildman–Crippen MR) is 83.1 cm³/mol. The summed E-state index contributed by atoms with van der Waals surface area (Å²) in [4.78, 5) is 8.71. The van der Waals surface area contributed by atoms with Gasteiger partial charge >= 0.3 is 0 Å². The Hall–Kier alpha value is -1.94. The van der Waals surface area contributed by atoms with Gasteiger partial charge in [-0.15, -0.1) is 0 Å². The van der Waals surface area contributed by atoms with E-state index >= 15 is 0 Å². The van der Waals surface area contributed by atoms with Gasteiger partial charge in [0.2, 0.25) is 0 Å². The highest BCUT2D eigenvalue weighted by Gasteiger charge is 2.08. The van der Waals surface area contributed by atoms with Gasteiger partial charge in [-0.1, -0.05) is 25.1 Å². The number of para-hydroxylation sites is 1. The van der Waals surface area contributed by atoms with Crippen LogP contribution in [0.2, 0.25) is 0 Å². The fourth-order valence-electron chi connectivity index (χ4n) is 2.08. The molecule has 0 aliphatic rings. The summed E-state index contributed by atoms with van der Waals surface area (Å²) in [5, 5.41) is 0. The number of aryl methyl sites for hydroxylation is 1. The van der Waals surface area contributed by atoms with Gasteiger partial charge in [0.05, 0.1) is 5.52 Å². The monoisotopic (exact) mass is 328 g/mol. The molecule has 0 aliphatic heterocycles. The normalized spacial score (nSPS) is 10.7. The zero-order chi connectivity index (χ0) is 13.9. The van der Waals surface area contributed by atoms with Gasteiger partial charge in [-0.05, 0) is 40.0 Å². The average molecular weight is 329 g/mol. The zero-order valence-electron chi connectivity index (χ0n) is 11.0. The van der Waals surface area contributed by atoms with Gasteiger partial charge in [0.1, 0.15) is 11.3 Å². The molecule has 1 aromatic carbocycles. The number of rotatable bonds is 3. The lowest BCUT2D eigenvalue weighted by atomic mass is 10.1. The van der Waals surface area contributed by atoms with Gasteiger partial charge in [-0.2, -0.15) is 0 Å². The van der Waals surface area contributed by atoms with Crippen molar-refractivity contribution in [1.82, 2.24) is 9.97 Å². The van der Waals surface area contributed by atoms with E-state index in [2.05, 4.69) is 38.9 Å². The van der Waals surface area contributed by atoms with Crippen LogP contribution in [0, 0.1) is 0 Å². The number of pyridine rings is 2. The highest BCUT2D eigenvalue weighted by Crippen LogP contribution is 2.30. The lowest BCUT2D eigenvalue weighted by molar-refractivity contribution is 0.481. The summed E-state index contributed by atoms with van der Waals surface area (Å²) in [5.41, 5.74) is 2.75. The van der Waals surface area contributed by atoms with Crippen LogP contribution in [0.1, 0.15) is 12.5 Å². The molecule has 0 atom stereocenters. The summed E-state index contributed by atoms with van der Waals surface area (Å²) in [6.07, 6.45) is 4.42. The number of halogens is 1. The van der Waals surface area contributed by atoms with E-state index in [1.165, 1.54) is 5.56 Å². The standard InChI is InChI=1S/C16H13BrN2O/c1-2-11-5-3-4-6-14(11)20-15-7-8-18-13-9-12(17)10-19-16(13)15/h3-10H,2H2,1H3. The smallest absolute Gasteiger partial charge is 0.156 e. The molecule has 0 radical (unpaired) electrons. The molecule has 100 valence electrons. The molecule has 0 fully saturated rings. The number of fused-ring (bicyclic) bond motifs is 1. The molecule has 0 bridgehead atoms. The number of hydrogen-bond donors (Lipinski definition) is 0. The van der Waals surface area contributed by atoms with E-state index in [1.807, 2.05) is 30.3 Å². The number of aromatic nitrogens is 2. The molecule has 0 N–H and O–H groups in total. The van der Waals surface area contributed by atoms with Crippen molar-refractivity contribution >= 4 is 27.0 Å². The molecule has 4 heteroatoms. The van der Waals surface area contributed by atoms with Crippen molar-refractivity contribution < 1.29 is 4.74 Å². The second kappa shape index (κ2) is 5.59. The van der Waals surface area contributed by atoms with Gasteiger partial charge in [0.25, 0.3) is 0 Å². The maximum absolute atomic E-state index is 6.04. The summed E-state index contributed by atoms with van der Waals surface area (Å²) >= 11 is 3.40.